The first-order valence-corrected chi connectivity index (χ1v) is 8.16. The number of nitrogens with zero attached hydrogens (tertiary/aromatic N) is 1. The van der Waals surface area contributed by atoms with Gasteiger partial charge in [0.05, 0.1) is 12.7 Å². The van der Waals surface area contributed by atoms with E-state index >= 15 is 0 Å². The number of benzene rings is 2. The molecule has 0 aliphatic rings. The van der Waals surface area contributed by atoms with Crippen LogP contribution in [0.3, 0.4) is 0 Å². The molecule has 0 aliphatic heterocycles. The number of nitrogens with one attached hydrogen (secondary N) is 2. The second-order valence-corrected chi connectivity index (χ2v) is 5.65. The van der Waals surface area contributed by atoms with Crippen molar-refractivity contribution in [2.45, 2.75) is 19.1 Å². The van der Waals surface area contributed by atoms with Crippen LogP contribution in [0.5, 0.6) is 5.75 Å². The summed E-state index contributed by atoms with van der Waals surface area (Å²) in [6, 6.07) is 12.9. The smallest absolute Gasteiger partial charge is 0.416 e. The summed E-state index contributed by atoms with van der Waals surface area (Å²) in [6.45, 7) is 1.05. The van der Waals surface area contributed by atoms with Crippen LogP contribution < -0.4 is 15.4 Å². The lowest BCUT2D eigenvalue weighted by Gasteiger charge is -2.13. The molecule has 0 unspecified atom stereocenters. The van der Waals surface area contributed by atoms with Crippen LogP contribution in [-0.2, 0) is 19.1 Å². The maximum Gasteiger partial charge on any atom is 0.416 e. The highest BCUT2D eigenvalue weighted by molar-refractivity contribution is 14.0. The average molecular weight is 493 g/mol. The number of hydrogen-bond donors (Lipinski definition) is 2. The summed E-state index contributed by atoms with van der Waals surface area (Å²) in [6.07, 6.45) is -3.53. The van der Waals surface area contributed by atoms with E-state index in [4.69, 9.17) is 4.74 Å². The number of methoxy groups -OCH3 is 1. The van der Waals surface area contributed by atoms with Crippen molar-refractivity contribution in [3.05, 3.63) is 65.2 Å². The summed E-state index contributed by atoms with van der Waals surface area (Å²) < 4.78 is 42.9. The van der Waals surface area contributed by atoms with E-state index in [-0.39, 0.29) is 24.0 Å². The third-order valence-electron chi connectivity index (χ3n) is 3.81. The fourth-order valence-corrected chi connectivity index (χ4v) is 2.37. The molecule has 4 nitrogen and oxygen atoms in total. The molecule has 0 saturated heterocycles. The van der Waals surface area contributed by atoms with E-state index < -0.39 is 11.7 Å². The molecular formula is C19H23F3IN3O. The van der Waals surface area contributed by atoms with Crippen LogP contribution >= 0.6 is 24.0 Å². The molecule has 2 aromatic rings. The van der Waals surface area contributed by atoms with E-state index in [9.17, 15) is 13.2 Å². The molecule has 8 heteroatoms. The van der Waals surface area contributed by atoms with E-state index in [0.29, 0.717) is 19.0 Å². The molecule has 27 heavy (non-hydrogen) atoms. The van der Waals surface area contributed by atoms with Crippen LogP contribution in [-0.4, -0.2) is 26.7 Å². The van der Waals surface area contributed by atoms with Gasteiger partial charge in [0.15, 0.2) is 5.96 Å². The van der Waals surface area contributed by atoms with Crippen LogP contribution in [0.1, 0.15) is 16.7 Å². The van der Waals surface area contributed by atoms with Gasteiger partial charge in [0, 0.05) is 20.1 Å². The monoisotopic (exact) mass is 493 g/mol. The average Bonchev–Trinajstić information content (AvgIpc) is 2.64. The van der Waals surface area contributed by atoms with E-state index in [1.54, 1.807) is 14.2 Å². The summed E-state index contributed by atoms with van der Waals surface area (Å²) in [5, 5.41) is 6.27. The summed E-state index contributed by atoms with van der Waals surface area (Å²) >= 11 is 0. The minimum Gasteiger partial charge on any atom is -0.497 e. The number of aliphatic imine (C=N–C) groups is 1. The highest BCUT2D eigenvalue weighted by Crippen LogP contribution is 2.29. The minimum absolute atomic E-state index is 0. The Hall–Kier alpha value is -1.97. The van der Waals surface area contributed by atoms with Crippen LogP contribution in [0.2, 0.25) is 0 Å². The number of rotatable bonds is 6. The molecule has 0 aromatic heterocycles. The van der Waals surface area contributed by atoms with Crippen molar-refractivity contribution in [2.75, 3.05) is 20.7 Å². The Balaban J connectivity index is 0.00000364. The fraction of sp³-hybridized carbons (Fsp3) is 0.316. The van der Waals surface area contributed by atoms with Gasteiger partial charge in [0.2, 0.25) is 0 Å². The quantitative estimate of drug-likeness (QED) is 0.360. The molecule has 2 rings (SSSR count). The van der Waals surface area contributed by atoms with Gasteiger partial charge in [-0.15, -0.1) is 24.0 Å². The Morgan fingerprint density at radius 1 is 1.04 bits per heavy atom. The lowest BCUT2D eigenvalue weighted by Crippen LogP contribution is -2.37. The Bertz CT molecular complexity index is 734. The molecule has 0 spiro atoms. The largest absolute Gasteiger partial charge is 0.497 e. The first-order valence-electron chi connectivity index (χ1n) is 8.16. The molecule has 2 aromatic carbocycles. The Kier molecular flexibility index (Phi) is 9.40. The van der Waals surface area contributed by atoms with Gasteiger partial charge in [-0.2, -0.15) is 13.2 Å². The molecule has 0 fully saturated rings. The highest BCUT2D eigenvalue weighted by atomic mass is 127. The normalized spacial score (nSPS) is 11.5. The van der Waals surface area contributed by atoms with Gasteiger partial charge >= 0.3 is 6.18 Å². The first kappa shape index (κ1) is 23.1. The molecule has 0 radical (unpaired) electrons. The maximum atomic E-state index is 12.6. The van der Waals surface area contributed by atoms with Gasteiger partial charge < -0.3 is 15.4 Å². The van der Waals surface area contributed by atoms with Gasteiger partial charge in [-0.25, -0.2) is 0 Å². The summed E-state index contributed by atoms with van der Waals surface area (Å²) in [5.74, 6) is 1.40. The second-order valence-electron chi connectivity index (χ2n) is 5.65. The molecular weight excluding hydrogens is 470 g/mol. The third kappa shape index (κ3) is 7.66. The second kappa shape index (κ2) is 11.0. The molecule has 0 atom stereocenters. The van der Waals surface area contributed by atoms with Crippen molar-refractivity contribution < 1.29 is 17.9 Å². The highest BCUT2D eigenvalue weighted by Gasteiger charge is 2.29. The van der Waals surface area contributed by atoms with Gasteiger partial charge in [0.1, 0.15) is 5.75 Å². The van der Waals surface area contributed by atoms with Crippen LogP contribution in [0.4, 0.5) is 13.2 Å². The molecule has 0 saturated carbocycles. The SMILES string of the molecule is CN=C(NCCc1cccc(OC)c1)NCc1ccc(C(F)(F)F)cc1.I. The topological polar surface area (TPSA) is 45.7 Å². The number of alkyl halides is 3. The predicted octanol–water partition coefficient (Wildman–Crippen LogP) is 4.24. The van der Waals surface area contributed by atoms with Gasteiger partial charge in [-0.3, -0.25) is 4.99 Å². The van der Waals surface area contributed by atoms with Crippen molar-refractivity contribution in [3.8, 4) is 5.75 Å². The predicted molar refractivity (Wildman–Crippen MR) is 112 cm³/mol. The van der Waals surface area contributed by atoms with E-state index in [2.05, 4.69) is 15.6 Å². The van der Waals surface area contributed by atoms with E-state index in [1.165, 1.54) is 12.1 Å². The van der Waals surface area contributed by atoms with Crippen LogP contribution in [0.15, 0.2) is 53.5 Å². The third-order valence-corrected chi connectivity index (χ3v) is 3.81. The van der Waals surface area contributed by atoms with Crippen LogP contribution in [0, 0.1) is 0 Å². The first-order chi connectivity index (χ1) is 12.4. The Labute approximate surface area is 174 Å². The molecule has 0 heterocycles. The molecule has 0 amide bonds. The van der Waals surface area contributed by atoms with Crippen molar-refractivity contribution in [1.29, 1.82) is 0 Å². The molecule has 0 bridgehead atoms. The van der Waals surface area contributed by atoms with Gasteiger partial charge in [-0.1, -0.05) is 24.3 Å². The maximum absolute atomic E-state index is 12.6. The van der Waals surface area contributed by atoms with E-state index in [1.807, 2.05) is 24.3 Å². The Morgan fingerprint density at radius 3 is 2.33 bits per heavy atom. The number of guanidine groups is 1. The molecule has 0 aliphatic carbocycles. The standard InChI is InChI=1S/C19H22F3N3O.HI/c1-23-18(24-11-10-14-4-3-5-17(12-14)26-2)25-13-15-6-8-16(9-7-15)19(20,21)22;/h3-9,12H,10-11,13H2,1-2H3,(H2,23,24,25);1H. The Morgan fingerprint density at radius 2 is 1.74 bits per heavy atom. The lowest BCUT2D eigenvalue weighted by molar-refractivity contribution is -0.137. The zero-order valence-electron chi connectivity index (χ0n) is 15.1. The number of halogens is 4. The van der Waals surface area contributed by atoms with Gasteiger partial charge in [-0.05, 0) is 41.8 Å². The van der Waals surface area contributed by atoms with Gasteiger partial charge in [0.25, 0.3) is 0 Å². The summed E-state index contributed by atoms with van der Waals surface area (Å²) in [5.41, 5.74) is 1.23. The fourth-order valence-electron chi connectivity index (χ4n) is 2.37. The minimum atomic E-state index is -4.32. The van der Waals surface area contributed by atoms with E-state index in [0.717, 1.165) is 35.4 Å². The van der Waals surface area contributed by atoms with Crippen molar-refractivity contribution in [1.82, 2.24) is 10.6 Å². The zero-order chi connectivity index (χ0) is 19.0. The zero-order valence-corrected chi connectivity index (χ0v) is 17.5. The molecule has 2 N–H and O–H groups in total. The number of hydrogen-bond acceptors (Lipinski definition) is 2. The lowest BCUT2D eigenvalue weighted by atomic mass is 10.1. The summed E-state index contributed by atoms with van der Waals surface area (Å²) in [7, 11) is 3.28. The van der Waals surface area contributed by atoms with Crippen LogP contribution in [0.25, 0.3) is 0 Å². The van der Waals surface area contributed by atoms with Crippen molar-refractivity contribution in [3.63, 3.8) is 0 Å². The molecule has 148 valence electrons. The number of ether oxygens (including phenoxy) is 1. The van der Waals surface area contributed by atoms with Crippen molar-refractivity contribution in [2.24, 2.45) is 4.99 Å². The summed E-state index contributed by atoms with van der Waals surface area (Å²) in [4.78, 5) is 4.11. The van der Waals surface area contributed by atoms with Crippen molar-refractivity contribution >= 4 is 29.9 Å².